The maximum Gasteiger partial charge on any atom is 0.217 e. The number of nitrogens with zero attached hydrogens (tertiary/aromatic N) is 1. The minimum Gasteiger partial charge on any atom is -0.394 e. The number of carbonyl (C=O) groups is 2. The van der Waals surface area contributed by atoms with Crippen molar-refractivity contribution >= 4 is 11.8 Å². The van der Waals surface area contributed by atoms with Gasteiger partial charge in [-0.1, -0.05) is 0 Å². The van der Waals surface area contributed by atoms with Crippen LogP contribution in [0.4, 0.5) is 0 Å². The summed E-state index contributed by atoms with van der Waals surface area (Å²) in [7, 11) is 3.57. The zero-order chi connectivity index (χ0) is 40.9. The van der Waals surface area contributed by atoms with Crippen molar-refractivity contribution in [1.82, 2.24) is 15.5 Å². The number of likely N-dealkylation sites (N-methyl/N-ethyl adjacent to an activating group) is 1. The number of hydrogen-bond acceptors (Lipinski definition) is 21. The molecule has 4 fully saturated rings. The van der Waals surface area contributed by atoms with Crippen LogP contribution in [-0.4, -0.2) is 238 Å². The van der Waals surface area contributed by atoms with Gasteiger partial charge in [0.2, 0.25) is 11.8 Å². The van der Waals surface area contributed by atoms with Crippen molar-refractivity contribution in [2.75, 3.05) is 47.1 Å². The first kappa shape index (κ1) is 45.9. The molecule has 20 atom stereocenters. The molecular weight excluding hydrogens is 746 g/mol. The highest BCUT2D eigenvalue weighted by Crippen LogP contribution is 2.36. The number of amides is 2. The highest BCUT2D eigenvalue weighted by atomic mass is 16.8. The van der Waals surface area contributed by atoms with E-state index in [1.807, 2.05) is 0 Å². The zero-order valence-corrected chi connectivity index (χ0v) is 31.1. The molecule has 0 saturated carbocycles. The molecule has 320 valence electrons. The topological polar surface area (TPSA) is 338 Å². The van der Waals surface area contributed by atoms with Crippen molar-refractivity contribution in [2.45, 2.75) is 143 Å². The molecule has 0 aromatic carbocycles. The van der Waals surface area contributed by atoms with E-state index in [2.05, 4.69) is 10.6 Å². The molecule has 23 heteroatoms. The predicted molar refractivity (Wildman–Crippen MR) is 178 cm³/mol. The summed E-state index contributed by atoms with van der Waals surface area (Å²) in [4.78, 5) is 26.4. The van der Waals surface area contributed by atoms with Crippen LogP contribution >= 0.6 is 0 Å². The number of carbonyl (C=O) groups excluding carboxylic acids is 2. The molecule has 0 aromatic rings. The average molecular weight is 804 g/mol. The molecule has 0 aromatic heterocycles. The molecule has 0 radical (unpaired) electrons. The van der Waals surface area contributed by atoms with E-state index in [1.54, 1.807) is 19.0 Å². The standard InChI is InChI=1S/C32H57N3O20/c1-11(39)25-22(45)23(46)31(52-25)54-27-18(34-13(3)41)29(48-7-6-35(4)5)51-16(10-38)26(27)53-32-24(47)28(20(43)15(9-37)50-32)55-30-17(33-12(2)40)21(44)19(42)14(8-36)49-30/h11,14-32,36-39,42-47H,6-10H2,1-5H3,(H,33,40)(H,34,41)/t11-,14-,15-,16-,17-,18-,19-,20+,21-,22-,23-,24-,25+,26-,27-,28+,29-,30+,31-,32+/m1/s1. The highest BCUT2D eigenvalue weighted by Gasteiger charge is 2.57. The van der Waals surface area contributed by atoms with Gasteiger partial charge in [-0.2, -0.15) is 0 Å². The van der Waals surface area contributed by atoms with Gasteiger partial charge in [0, 0.05) is 20.4 Å². The Bertz CT molecular complexity index is 1220. The van der Waals surface area contributed by atoms with E-state index in [4.69, 9.17) is 37.9 Å². The highest BCUT2D eigenvalue weighted by molar-refractivity contribution is 5.73. The van der Waals surface area contributed by atoms with E-state index in [0.29, 0.717) is 6.54 Å². The molecule has 55 heavy (non-hydrogen) atoms. The molecule has 0 spiro atoms. The van der Waals surface area contributed by atoms with E-state index in [9.17, 15) is 60.7 Å². The molecule has 0 unspecified atom stereocenters. The molecule has 0 bridgehead atoms. The van der Waals surface area contributed by atoms with Gasteiger partial charge in [0.15, 0.2) is 25.2 Å². The molecule has 4 rings (SSSR count). The van der Waals surface area contributed by atoms with Crippen LogP contribution in [0.15, 0.2) is 0 Å². The van der Waals surface area contributed by atoms with E-state index >= 15 is 0 Å². The Hall–Kier alpha value is -1.82. The Labute approximate surface area is 316 Å². The maximum atomic E-state index is 12.6. The van der Waals surface area contributed by atoms with Crippen LogP contribution in [-0.2, 0) is 47.5 Å². The zero-order valence-electron chi connectivity index (χ0n) is 31.1. The van der Waals surface area contributed by atoms with Crippen molar-refractivity contribution in [2.24, 2.45) is 0 Å². The van der Waals surface area contributed by atoms with Gasteiger partial charge in [-0.3, -0.25) is 9.59 Å². The third-order valence-corrected chi connectivity index (χ3v) is 9.70. The van der Waals surface area contributed by atoms with Gasteiger partial charge in [0.1, 0.15) is 91.4 Å². The lowest BCUT2D eigenvalue weighted by Gasteiger charge is -2.50. The number of rotatable bonds is 16. The molecule has 4 aliphatic heterocycles. The first-order valence-corrected chi connectivity index (χ1v) is 17.9. The fourth-order valence-corrected chi connectivity index (χ4v) is 6.82. The number of aliphatic hydroxyl groups is 10. The average Bonchev–Trinajstić information content (AvgIpc) is 3.40. The molecule has 23 nitrogen and oxygen atoms in total. The van der Waals surface area contributed by atoms with Crippen LogP contribution in [0.25, 0.3) is 0 Å². The summed E-state index contributed by atoms with van der Waals surface area (Å²) in [6.45, 7) is 1.57. The Kier molecular flexibility index (Phi) is 16.9. The number of nitrogens with one attached hydrogen (secondary N) is 2. The number of ether oxygens (including phenoxy) is 8. The first-order chi connectivity index (χ1) is 25.9. The SMILES string of the molecule is CC(=O)N[C@H]1[C@H](O[C@H]2[C@@H](O)[C@@H](CO)O[C@@H](O[C@H]3[C@H](O[C@H]4O[C@@H]([C@@H](C)O)[C@H](O)[C@H]4O)[C@@H](NC(C)=O)[C@H](OCCN(C)C)O[C@@H]3CO)[C@@H]2O)O[C@H](CO)[C@@H](O)[C@@H]1O. The lowest BCUT2D eigenvalue weighted by atomic mass is 9.94. The third kappa shape index (κ3) is 10.8. The normalized spacial score (nSPS) is 44.3. The summed E-state index contributed by atoms with van der Waals surface area (Å²) in [6, 6.07) is -2.80. The van der Waals surface area contributed by atoms with Gasteiger partial charge >= 0.3 is 0 Å². The summed E-state index contributed by atoms with van der Waals surface area (Å²) < 4.78 is 47.2. The predicted octanol–water partition coefficient (Wildman–Crippen LogP) is -7.85. The molecule has 4 saturated heterocycles. The maximum absolute atomic E-state index is 12.6. The van der Waals surface area contributed by atoms with Gasteiger partial charge in [-0.15, -0.1) is 0 Å². The summed E-state index contributed by atoms with van der Waals surface area (Å²) >= 11 is 0. The fraction of sp³-hybridized carbons (Fsp3) is 0.938. The van der Waals surface area contributed by atoms with Gasteiger partial charge in [-0.05, 0) is 21.0 Å². The van der Waals surface area contributed by atoms with E-state index < -0.39 is 154 Å². The largest absolute Gasteiger partial charge is 0.394 e. The van der Waals surface area contributed by atoms with E-state index in [-0.39, 0.29) is 6.61 Å². The Morgan fingerprint density at radius 3 is 1.67 bits per heavy atom. The van der Waals surface area contributed by atoms with Crippen LogP contribution in [0, 0.1) is 0 Å². The van der Waals surface area contributed by atoms with Crippen LogP contribution < -0.4 is 10.6 Å². The lowest BCUT2D eigenvalue weighted by Crippen LogP contribution is -2.70. The quantitative estimate of drug-likeness (QED) is 0.0689. The van der Waals surface area contributed by atoms with Crippen LogP contribution in [0.2, 0.25) is 0 Å². The van der Waals surface area contributed by atoms with Crippen LogP contribution in [0.5, 0.6) is 0 Å². The van der Waals surface area contributed by atoms with Crippen molar-refractivity contribution in [3.8, 4) is 0 Å². The first-order valence-electron chi connectivity index (χ1n) is 17.9. The Morgan fingerprint density at radius 2 is 1.13 bits per heavy atom. The third-order valence-electron chi connectivity index (χ3n) is 9.70. The molecule has 4 aliphatic rings. The van der Waals surface area contributed by atoms with Crippen molar-refractivity contribution < 1.29 is 98.5 Å². The Morgan fingerprint density at radius 1 is 0.618 bits per heavy atom. The molecule has 12 N–H and O–H groups in total. The second kappa shape index (κ2) is 20.2. The molecule has 4 heterocycles. The lowest BCUT2D eigenvalue weighted by molar-refractivity contribution is -0.376. The summed E-state index contributed by atoms with van der Waals surface area (Å²) in [5, 5.41) is 111. The van der Waals surface area contributed by atoms with Crippen LogP contribution in [0.3, 0.4) is 0 Å². The fourth-order valence-electron chi connectivity index (χ4n) is 6.82. The molecule has 0 aliphatic carbocycles. The summed E-state index contributed by atoms with van der Waals surface area (Å²) in [6.07, 6.45) is -29.1. The van der Waals surface area contributed by atoms with Gasteiger partial charge in [-0.25, -0.2) is 0 Å². The summed E-state index contributed by atoms with van der Waals surface area (Å²) in [5.74, 6) is -1.29. The smallest absolute Gasteiger partial charge is 0.217 e. The van der Waals surface area contributed by atoms with Crippen LogP contribution in [0.1, 0.15) is 20.8 Å². The minimum atomic E-state index is -2.01. The van der Waals surface area contributed by atoms with Gasteiger partial charge in [0.05, 0.1) is 32.5 Å². The summed E-state index contributed by atoms with van der Waals surface area (Å²) in [5.41, 5.74) is 0. The van der Waals surface area contributed by atoms with Crippen molar-refractivity contribution in [3.63, 3.8) is 0 Å². The number of hydrogen-bond donors (Lipinski definition) is 12. The van der Waals surface area contributed by atoms with Crippen molar-refractivity contribution in [1.29, 1.82) is 0 Å². The van der Waals surface area contributed by atoms with Gasteiger partial charge in [0.25, 0.3) is 0 Å². The monoisotopic (exact) mass is 803 g/mol. The Balaban J connectivity index is 1.69. The second-order valence-corrected chi connectivity index (χ2v) is 14.3. The van der Waals surface area contributed by atoms with E-state index in [0.717, 1.165) is 6.92 Å². The second-order valence-electron chi connectivity index (χ2n) is 14.3. The van der Waals surface area contributed by atoms with E-state index in [1.165, 1.54) is 13.8 Å². The molecular formula is C32H57N3O20. The number of aliphatic hydroxyl groups excluding tert-OH is 10. The van der Waals surface area contributed by atoms with Crippen molar-refractivity contribution in [3.05, 3.63) is 0 Å². The van der Waals surface area contributed by atoms with Gasteiger partial charge < -0.3 is 104 Å². The molecule has 2 amide bonds. The minimum absolute atomic E-state index is 0.0562.